The van der Waals surface area contributed by atoms with Crippen molar-refractivity contribution >= 4 is 5.91 Å². The van der Waals surface area contributed by atoms with Crippen LogP contribution < -0.4 is 11.1 Å². The van der Waals surface area contributed by atoms with Crippen LogP contribution in [0.15, 0.2) is 54.6 Å². The maximum atomic E-state index is 12.7. The standard InChI is InChI=1S/C22H29N3O/c1-21(2,25-14-13-17-9-7-8-10-18(17)15-25)16-24-20(26)22(3,23)19-11-5-4-6-12-19/h4-12H,13-16,23H2,1-3H3,(H,24,26). The van der Waals surface area contributed by atoms with Gasteiger partial charge in [0.2, 0.25) is 5.91 Å². The third-order valence-corrected chi connectivity index (χ3v) is 5.51. The molecule has 0 aliphatic carbocycles. The van der Waals surface area contributed by atoms with Crippen LogP contribution >= 0.6 is 0 Å². The lowest BCUT2D eigenvalue weighted by Gasteiger charge is -2.42. The van der Waals surface area contributed by atoms with E-state index >= 15 is 0 Å². The van der Waals surface area contributed by atoms with Gasteiger partial charge in [-0.15, -0.1) is 0 Å². The smallest absolute Gasteiger partial charge is 0.244 e. The largest absolute Gasteiger partial charge is 0.352 e. The highest BCUT2D eigenvalue weighted by Crippen LogP contribution is 2.25. The zero-order valence-electron chi connectivity index (χ0n) is 16.0. The van der Waals surface area contributed by atoms with Crippen molar-refractivity contribution in [2.24, 2.45) is 5.73 Å². The van der Waals surface area contributed by atoms with E-state index in [4.69, 9.17) is 5.73 Å². The molecule has 2 aromatic rings. The van der Waals surface area contributed by atoms with Crippen molar-refractivity contribution < 1.29 is 4.79 Å². The number of carbonyl (C=O) groups excluding carboxylic acids is 1. The SMILES string of the molecule is CC(N)(C(=O)NCC(C)(C)N1CCc2ccccc2C1)c1ccccc1. The second-order valence-electron chi connectivity index (χ2n) is 8.00. The molecule has 1 heterocycles. The molecule has 3 N–H and O–H groups in total. The van der Waals surface area contributed by atoms with E-state index < -0.39 is 5.54 Å². The summed E-state index contributed by atoms with van der Waals surface area (Å²) in [4.78, 5) is 15.2. The summed E-state index contributed by atoms with van der Waals surface area (Å²) in [5.41, 5.74) is 8.78. The summed E-state index contributed by atoms with van der Waals surface area (Å²) < 4.78 is 0. The van der Waals surface area contributed by atoms with E-state index in [-0.39, 0.29) is 11.4 Å². The molecule has 0 fully saturated rings. The summed E-state index contributed by atoms with van der Waals surface area (Å²) in [5, 5.41) is 3.08. The first kappa shape index (κ1) is 18.6. The van der Waals surface area contributed by atoms with Gasteiger partial charge in [-0.05, 0) is 43.9 Å². The fraction of sp³-hybridized carbons (Fsp3) is 0.409. The molecule has 1 atom stereocenters. The Morgan fingerprint density at radius 1 is 1.04 bits per heavy atom. The Balaban J connectivity index is 1.64. The van der Waals surface area contributed by atoms with Crippen LogP contribution in [0.1, 0.15) is 37.5 Å². The number of hydrogen-bond acceptors (Lipinski definition) is 3. The van der Waals surface area contributed by atoms with E-state index in [0.29, 0.717) is 6.54 Å². The molecule has 26 heavy (non-hydrogen) atoms. The zero-order valence-corrected chi connectivity index (χ0v) is 16.0. The molecule has 2 aromatic carbocycles. The third-order valence-electron chi connectivity index (χ3n) is 5.51. The minimum absolute atomic E-state index is 0.143. The summed E-state index contributed by atoms with van der Waals surface area (Å²) in [6.07, 6.45) is 1.05. The lowest BCUT2D eigenvalue weighted by Crippen LogP contribution is -2.57. The minimum Gasteiger partial charge on any atom is -0.352 e. The number of nitrogens with one attached hydrogen (secondary N) is 1. The normalized spacial score (nSPS) is 17.2. The van der Waals surface area contributed by atoms with Crippen LogP contribution in [0.3, 0.4) is 0 Å². The molecule has 0 saturated carbocycles. The first-order valence-electron chi connectivity index (χ1n) is 9.25. The minimum atomic E-state index is -1.04. The predicted octanol–water partition coefficient (Wildman–Crippen LogP) is 2.81. The van der Waals surface area contributed by atoms with E-state index in [9.17, 15) is 4.79 Å². The van der Waals surface area contributed by atoms with Crippen molar-refractivity contribution in [2.45, 2.75) is 44.8 Å². The van der Waals surface area contributed by atoms with E-state index in [1.165, 1.54) is 11.1 Å². The molecule has 1 aliphatic rings. The Morgan fingerprint density at radius 2 is 1.65 bits per heavy atom. The molecule has 138 valence electrons. The van der Waals surface area contributed by atoms with Crippen LogP contribution in [0.5, 0.6) is 0 Å². The number of nitrogens with zero attached hydrogens (tertiary/aromatic N) is 1. The monoisotopic (exact) mass is 351 g/mol. The molecule has 4 heteroatoms. The summed E-state index contributed by atoms with van der Waals surface area (Å²) in [6, 6.07) is 18.1. The Labute approximate surface area is 156 Å². The van der Waals surface area contributed by atoms with Crippen LogP contribution in [0.25, 0.3) is 0 Å². The maximum absolute atomic E-state index is 12.7. The van der Waals surface area contributed by atoms with Gasteiger partial charge < -0.3 is 11.1 Å². The van der Waals surface area contributed by atoms with Gasteiger partial charge in [0.15, 0.2) is 0 Å². The van der Waals surface area contributed by atoms with Crippen LogP contribution in [-0.2, 0) is 23.3 Å². The van der Waals surface area contributed by atoms with E-state index in [0.717, 1.165) is 25.1 Å². The molecular formula is C22H29N3O. The molecule has 1 unspecified atom stereocenters. The number of carbonyl (C=O) groups is 1. The average molecular weight is 351 g/mol. The summed E-state index contributed by atoms with van der Waals surface area (Å²) in [7, 11) is 0. The molecule has 0 radical (unpaired) electrons. The topological polar surface area (TPSA) is 58.4 Å². The van der Waals surface area contributed by atoms with Gasteiger partial charge in [0.05, 0.1) is 0 Å². The maximum Gasteiger partial charge on any atom is 0.244 e. The summed E-state index contributed by atoms with van der Waals surface area (Å²) in [6.45, 7) is 8.60. The number of amides is 1. The van der Waals surface area contributed by atoms with Crippen LogP contribution in [0.4, 0.5) is 0 Å². The highest BCUT2D eigenvalue weighted by Gasteiger charge is 2.34. The number of rotatable bonds is 5. The Hall–Kier alpha value is -2.17. The van der Waals surface area contributed by atoms with E-state index in [2.05, 4.69) is 48.3 Å². The van der Waals surface area contributed by atoms with Crippen LogP contribution in [-0.4, -0.2) is 29.4 Å². The highest BCUT2D eigenvalue weighted by molar-refractivity contribution is 5.87. The van der Waals surface area contributed by atoms with Gasteiger partial charge in [-0.2, -0.15) is 0 Å². The Morgan fingerprint density at radius 3 is 2.35 bits per heavy atom. The van der Waals surface area contributed by atoms with E-state index in [1.54, 1.807) is 6.92 Å². The van der Waals surface area contributed by atoms with Gasteiger partial charge in [0.1, 0.15) is 5.54 Å². The molecule has 0 spiro atoms. The highest BCUT2D eigenvalue weighted by atomic mass is 16.2. The second kappa shape index (κ2) is 7.22. The molecular weight excluding hydrogens is 322 g/mol. The van der Waals surface area contributed by atoms with Crippen LogP contribution in [0.2, 0.25) is 0 Å². The quantitative estimate of drug-likeness (QED) is 0.871. The number of benzene rings is 2. The molecule has 3 rings (SSSR count). The van der Waals surface area contributed by atoms with Crippen molar-refractivity contribution in [1.29, 1.82) is 0 Å². The Kier molecular flexibility index (Phi) is 5.17. The zero-order chi connectivity index (χ0) is 18.8. The molecule has 0 saturated heterocycles. The number of nitrogens with two attached hydrogens (primary N) is 1. The van der Waals surface area contributed by atoms with Crippen molar-refractivity contribution in [2.75, 3.05) is 13.1 Å². The van der Waals surface area contributed by atoms with Gasteiger partial charge in [-0.1, -0.05) is 54.6 Å². The summed E-state index contributed by atoms with van der Waals surface area (Å²) in [5.74, 6) is -0.144. The summed E-state index contributed by atoms with van der Waals surface area (Å²) >= 11 is 0. The predicted molar refractivity (Wildman–Crippen MR) is 106 cm³/mol. The Bertz CT molecular complexity index is 768. The number of fused-ring (bicyclic) bond motifs is 1. The van der Waals surface area contributed by atoms with E-state index in [1.807, 2.05) is 30.3 Å². The third kappa shape index (κ3) is 3.81. The lowest BCUT2D eigenvalue weighted by molar-refractivity contribution is -0.126. The van der Waals surface area contributed by atoms with Gasteiger partial charge in [-0.25, -0.2) is 0 Å². The van der Waals surface area contributed by atoms with Crippen molar-refractivity contribution in [3.63, 3.8) is 0 Å². The molecule has 1 aliphatic heterocycles. The molecule has 0 bridgehead atoms. The van der Waals surface area contributed by atoms with Gasteiger partial charge >= 0.3 is 0 Å². The number of hydrogen-bond donors (Lipinski definition) is 2. The fourth-order valence-electron chi connectivity index (χ4n) is 3.52. The van der Waals surface area contributed by atoms with Crippen molar-refractivity contribution in [1.82, 2.24) is 10.2 Å². The molecule has 0 aromatic heterocycles. The van der Waals surface area contributed by atoms with Gasteiger partial charge in [0, 0.05) is 25.2 Å². The molecule has 4 nitrogen and oxygen atoms in total. The average Bonchev–Trinajstić information content (AvgIpc) is 2.66. The first-order chi connectivity index (χ1) is 12.3. The fourth-order valence-corrected chi connectivity index (χ4v) is 3.52. The van der Waals surface area contributed by atoms with Gasteiger partial charge in [-0.3, -0.25) is 9.69 Å². The molecule has 1 amide bonds. The lowest BCUT2D eigenvalue weighted by atomic mass is 9.91. The van der Waals surface area contributed by atoms with Crippen molar-refractivity contribution in [3.8, 4) is 0 Å². The van der Waals surface area contributed by atoms with Crippen molar-refractivity contribution in [3.05, 3.63) is 71.3 Å². The van der Waals surface area contributed by atoms with Crippen LogP contribution in [0, 0.1) is 0 Å². The van der Waals surface area contributed by atoms with Gasteiger partial charge in [0.25, 0.3) is 0 Å². The second-order valence-corrected chi connectivity index (χ2v) is 8.00. The first-order valence-corrected chi connectivity index (χ1v) is 9.25.